The van der Waals surface area contributed by atoms with Crippen molar-refractivity contribution >= 4 is 15.9 Å². The number of rotatable bonds is 5. The van der Waals surface area contributed by atoms with Gasteiger partial charge in [-0.25, -0.2) is 4.98 Å². The molecule has 0 amide bonds. The molecule has 130 valence electrons. The fraction of sp³-hybridized carbons (Fsp3) is 0.286. The molecule has 0 unspecified atom stereocenters. The lowest BCUT2D eigenvalue weighted by atomic mass is 9.99. The number of imidazole rings is 1. The molecule has 0 radical (unpaired) electrons. The van der Waals surface area contributed by atoms with Crippen LogP contribution >= 0.6 is 15.9 Å². The van der Waals surface area contributed by atoms with Gasteiger partial charge in [-0.15, -0.1) is 0 Å². The fourth-order valence-electron chi connectivity index (χ4n) is 3.13. The molecule has 0 saturated heterocycles. The van der Waals surface area contributed by atoms with Crippen LogP contribution in [0.25, 0.3) is 11.4 Å². The average Bonchev–Trinajstić information content (AvgIpc) is 2.87. The van der Waals surface area contributed by atoms with E-state index in [0.717, 1.165) is 34.6 Å². The molecule has 3 aromatic rings. The Kier molecular flexibility index (Phi) is 5.28. The van der Waals surface area contributed by atoms with Crippen molar-refractivity contribution in [3.05, 3.63) is 69.5 Å². The van der Waals surface area contributed by atoms with E-state index < -0.39 is 0 Å². The molecule has 25 heavy (non-hydrogen) atoms. The molecule has 0 saturated carbocycles. The van der Waals surface area contributed by atoms with Gasteiger partial charge in [0.25, 0.3) is 0 Å². The number of nitrogens with zero attached hydrogens (tertiary/aromatic N) is 2. The Bertz CT molecular complexity index is 899. The summed E-state index contributed by atoms with van der Waals surface area (Å²) in [6.45, 7) is 4.18. The quantitative estimate of drug-likeness (QED) is 0.585. The second-order valence-electron chi connectivity index (χ2n) is 6.28. The van der Waals surface area contributed by atoms with Gasteiger partial charge in [-0.05, 0) is 56.0 Å². The Morgan fingerprint density at radius 3 is 2.44 bits per heavy atom. The van der Waals surface area contributed by atoms with Gasteiger partial charge >= 0.3 is 0 Å². The zero-order valence-corrected chi connectivity index (χ0v) is 16.7. The Hall–Kier alpha value is -2.07. The van der Waals surface area contributed by atoms with Crippen molar-refractivity contribution in [1.29, 1.82) is 0 Å². The van der Waals surface area contributed by atoms with Crippen LogP contribution in [0.1, 0.15) is 22.5 Å². The maximum atomic E-state index is 5.50. The minimum atomic E-state index is 0.919. The van der Waals surface area contributed by atoms with Crippen molar-refractivity contribution in [3.63, 3.8) is 0 Å². The highest BCUT2D eigenvalue weighted by Crippen LogP contribution is 2.28. The van der Waals surface area contributed by atoms with Gasteiger partial charge in [-0.2, -0.15) is 0 Å². The smallest absolute Gasteiger partial charge is 0.140 e. The molecule has 0 aliphatic carbocycles. The summed E-state index contributed by atoms with van der Waals surface area (Å²) in [7, 11) is 3.80. The summed E-state index contributed by atoms with van der Waals surface area (Å²) in [4.78, 5) is 4.77. The first kappa shape index (κ1) is 17.7. The predicted molar refractivity (Wildman–Crippen MR) is 106 cm³/mol. The van der Waals surface area contributed by atoms with Crippen LogP contribution in [0.4, 0.5) is 0 Å². The van der Waals surface area contributed by atoms with E-state index >= 15 is 0 Å². The van der Waals surface area contributed by atoms with Gasteiger partial charge in [0.15, 0.2) is 0 Å². The Labute approximate surface area is 157 Å². The van der Waals surface area contributed by atoms with Crippen LogP contribution in [0, 0.1) is 13.8 Å². The Balaban J connectivity index is 1.92. The van der Waals surface area contributed by atoms with Crippen LogP contribution in [-0.4, -0.2) is 16.7 Å². The lowest BCUT2D eigenvalue weighted by molar-refractivity contribution is 0.409. The number of aromatic nitrogens is 2. The highest BCUT2D eigenvalue weighted by atomic mass is 79.9. The van der Waals surface area contributed by atoms with Crippen LogP contribution in [0.5, 0.6) is 5.75 Å². The number of halogens is 1. The average molecular weight is 399 g/mol. The van der Waals surface area contributed by atoms with Crippen molar-refractivity contribution in [2.75, 3.05) is 7.11 Å². The van der Waals surface area contributed by atoms with Crippen LogP contribution < -0.4 is 4.74 Å². The summed E-state index contributed by atoms with van der Waals surface area (Å²) in [6.07, 6.45) is 1.86. The number of ether oxygens (including phenoxy) is 1. The number of benzene rings is 2. The van der Waals surface area contributed by atoms with Gasteiger partial charge < -0.3 is 9.30 Å². The first-order valence-corrected chi connectivity index (χ1v) is 9.21. The molecule has 0 aliphatic heterocycles. The molecular formula is C21H23BrN2O. The van der Waals surface area contributed by atoms with Crippen molar-refractivity contribution in [2.24, 2.45) is 7.05 Å². The zero-order chi connectivity index (χ0) is 18.0. The minimum Gasteiger partial charge on any atom is -0.496 e. The SMILES string of the molecule is COc1ccc(Br)cc1CCc1ccccc1-c1nc(C)c(C)n1C. The number of hydrogen-bond acceptors (Lipinski definition) is 2. The molecular weight excluding hydrogens is 376 g/mol. The number of methoxy groups -OCH3 is 1. The lowest BCUT2D eigenvalue weighted by Crippen LogP contribution is -2.00. The molecule has 0 bridgehead atoms. The van der Waals surface area contributed by atoms with E-state index in [2.05, 4.69) is 71.7 Å². The molecule has 1 aromatic heterocycles. The van der Waals surface area contributed by atoms with Crippen LogP contribution in [0.3, 0.4) is 0 Å². The van der Waals surface area contributed by atoms with Gasteiger partial charge in [-0.3, -0.25) is 0 Å². The first-order valence-electron chi connectivity index (χ1n) is 8.42. The van der Waals surface area contributed by atoms with E-state index in [0.29, 0.717) is 0 Å². The zero-order valence-electron chi connectivity index (χ0n) is 15.1. The molecule has 4 heteroatoms. The summed E-state index contributed by atoms with van der Waals surface area (Å²) in [6, 6.07) is 14.7. The van der Waals surface area contributed by atoms with Gasteiger partial charge in [0.2, 0.25) is 0 Å². The fourth-order valence-corrected chi connectivity index (χ4v) is 3.53. The van der Waals surface area contributed by atoms with Crippen molar-refractivity contribution < 1.29 is 4.74 Å². The van der Waals surface area contributed by atoms with Gasteiger partial charge in [-0.1, -0.05) is 40.2 Å². The van der Waals surface area contributed by atoms with E-state index in [4.69, 9.17) is 9.72 Å². The highest BCUT2D eigenvalue weighted by molar-refractivity contribution is 9.10. The van der Waals surface area contributed by atoms with E-state index in [9.17, 15) is 0 Å². The normalized spacial score (nSPS) is 10.9. The second kappa shape index (κ2) is 7.44. The third-order valence-electron chi connectivity index (χ3n) is 4.78. The predicted octanol–water partition coefficient (Wildman–Crippen LogP) is 5.26. The molecule has 1 heterocycles. The van der Waals surface area contributed by atoms with Crippen molar-refractivity contribution in [2.45, 2.75) is 26.7 Å². The lowest BCUT2D eigenvalue weighted by Gasteiger charge is -2.12. The van der Waals surface area contributed by atoms with Crippen molar-refractivity contribution in [3.8, 4) is 17.1 Å². The molecule has 0 atom stereocenters. The molecule has 0 N–H and O–H groups in total. The van der Waals surface area contributed by atoms with Crippen molar-refractivity contribution in [1.82, 2.24) is 9.55 Å². The summed E-state index contributed by atoms with van der Waals surface area (Å²) in [5.41, 5.74) is 6.01. The molecule has 0 spiro atoms. The third-order valence-corrected chi connectivity index (χ3v) is 5.28. The second-order valence-corrected chi connectivity index (χ2v) is 7.19. The molecule has 3 rings (SSSR count). The highest BCUT2D eigenvalue weighted by Gasteiger charge is 2.14. The molecule has 3 nitrogen and oxygen atoms in total. The van der Waals surface area contributed by atoms with E-state index in [1.165, 1.54) is 22.4 Å². The van der Waals surface area contributed by atoms with Crippen LogP contribution in [-0.2, 0) is 19.9 Å². The van der Waals surface area contributed by atoms with Crippen LogP contribution in [0.15, 0.2) is 46.9 Å². The van der Waals surface area contributed by atoms with Crippen LogP contribution in [0.2, 0.25) is 0 Å². The minimum absolute atomic E-state index is 0.919. The van der Waals surface area contributed by atoms with Gasteiger partial charge in [0.1, 0.15) is 11.6 Å². The maximum Gasteiger partial charge on any atom is 0.140 e. The third kappa shape index (κ3) is 3.64. The monoisotopic (exact) mass is 398 g/mol. The van der Waals surface area contributed by atoms with Gasteiger partial charge in [0, 0.05) is 22.8 Å². The van der Waals surface area contributed by atoms with E-state index in [-0.39, 0.29) is 0 Å². The van der Waals surface area contributed by atoms with E-state index in [1.54, 1.807) is 7.11 Å². The molecule has 0 fully saturated rings. The summed E-state index contributed by atoms with van der Waals surface area (Å²) in [5.74, 6) is 1.97. The molecule has 2 aromatic carbocycles. The van der Waals surface area contributed by atoms with E-state index in [1.807, 2.05) is 12.1 Å². The standard InChI is InChI=1S/C21H23BrN2O/c1-14-15(2)24(3)21(23-14)19-8-6-5-7-16(19)9-10-17-13-18(22)11-12-20(17)25-4/h5-8,11-13H,9-10H2,1-4H3. The number of hydrogen-bond donors (Lipinski definition) is 0. The topological polar surface area (TPSA) is 27.1 Å². The number of aryl methyl sites for hydroxylation is 3. The summed E-state index contributed by atoms with van der Waals surface area (Å²) in [5, 5.41) is 0. The summed E-state index contributed by atoms with van der Waals surface area (Å²) >= 11 is 3.55. The Morgan fingerprint density at radius 2 is 1.76 bits per heavy atom. The van der Waals surface area contributed by atoms with Gasteiger partial charge in [0.05, 0.1) is 12.8 Å². The molecule has 0 aliphatic rings. The largest absolute Gasteiger partial charge is 0.496 e. The first-order chi connectivity index (χ1) is 12.0. The maximum absolute atomic E-state index is 5.50. The summed E-state index contributed by atoms with van der Waals surface area (Å²) < 4.78 is 8.75. The Morgan fingerprint density at radius 1 is 1.04 bits per heavy atom.